The summed E-state index contributed by atoms with van der Waals surface area (Å²) in [7, 11) is 0. The molecule has 0 unspecified atom stereocenters. The molecule has 3 nitrogen and oxygen atoms in total. The summed E-state index contributed by atoms with van der Waals surface area (Å²) >= 11 is 0. The number of nitrogens with zero attached hydrogens (tertiary/aromatic N) is 1. The average Bonchev–Trinajstić information content (AvgIpc) is 2.89. The molecule has 0 saturated carbocycles. The molecule has 0 radical (unpaired) electrons. The largest absolute Gasteiger partial charge is 0.360 e. The van der Waals surface area contributed by atoms with Gasteiger partial charge in [0.2, 0.25) is 0 Å². The van der Waals surface area contributed by atoms with Crippen molar-refractivity contribution < 1.29 is 4.79 Å². The summed E-state index contributed by atoms with van der Waals surface area (Å²) < 4.78 is 0. The first kappa shape index (κ1) is 13.4. The summed E-state index contributed by atoms with van der Waals surface area (Å²) in [6.07, 6.45) is 4.34. The summed E-state index contributed by atoms with van der Waals surface area (Å²) in [5.41, 5.74) is 1.86. The molecule has 0 bridgehead atoms. The first-order valence-corrected chi connectivity index (χ1v) is 7.51. The van der Waals surface area contributed by atoms with Gasteiger partial charge in [0.25, 0.3) is 0 Å². The zero-order valence-electron chi connectivity index (χ0n) is 12.2. The maximum absolute atomic E-state index is 12.8. The molecule has 1 N–H and O–H groups in total. The van der Waals surface area contributed by atoms with Gasteiger partial charge in [-0.05, 0) is 38.3 Å². The van der Waals surface area contributed by atoms with Crippen LogP contribution in [0.2, 0.25) is 0 Å². The first-order valence-electron chi connectivity index (χ1n) is 7.51. The number of aromatic nitrogens is 1. The summed E-state index contributed by atoms with van der Waals surface area (Å²) in [5.74, 6) is 0.929. The minimum absolute atomic E-state index is 0.0306. The number of carbonyl (C=O) groups excluding carboxylic acids is 1. The number of piperidine rings is 1. The van der Waals surface area contributed by atoms with E-state index in [4.69, 9.17) is 0 Å². The standard InChI is InChI=1S/C17H22N2O/c1-12-6-5-9-19(11-12)13(2)17(20)15-10-18-16-8-4-3-7-14(15)16/h3-4,7-8,10,12-13,18H,5-6,9,11H2,1-2H3/t12-,13-/m0/s1. The van der Waals surface area contributed by atoms with E-state index in [0.717, 1.165) is 29.6 Å². The van der Waals surface area contributed by atoms with E-state index in [1.54, 1.807) is 0 Å². The molecule has 2 heterocycles. The fourth-order valence-electron chi connectivity index (χ4n) is 3.24. The smallest absolute Gasteiger partial charge is 0.181 e. The van der Waals surface area contributed by atoms with Crippen LogP contribution in [0.5, 0.6) is 0 Å². The first-order chi connectivity index (χ1) is 9.66. The molecular weight excluding hydrogens is 248 g/mol. The number of fused-ring (bicyclic) bond motifs is 1. The van der Waals surface area contributed by atoms with Crippen LogP contribution in [0.25, 0.3) is 10.9 Å². The molecule has 0 aliphatic carbocycles. The van der Waals surface area contributed by atoms with Crippen LogP contribution in [-0.4, -0.2) is 34.8 Å². The summed E-state index contributed by atoms with van der Waals surface area (Å²) in [6.45, 7) is 6.39. The molecule has 1 saturated heterocycles. The maximum atomic E-state index is 12.8. The highest BCUT2D eigenvalue weighted by atomic mass is 16.1. The Kier molecular flexibility index (Phi) is 3.62. The molecule has 106 valence electrons. The van der Waals surface area contributed by atoms with Crippen LogP contribution in [0.1, 0.15) is 37.0 Å². The van der Waals surface area contributed by atoms with Crippen molar-refractivity contribution in [2.45, 2.75) is 32.7 Å². The third-order valence-electron chi connectivity index (χ3n) is 4.47. The highest BCUT2D eigenvalue weighted by molar-refractivity contribution is 6.10. The van der Waals surface area contributed by atoms with Gasteiger partial charge < -0.3 is 4.98 Å². The molecule has 1 aromatic heterocycles. The fourth-order valence-corrected chi connectivity index (χ4v) is 3.24. The number of benzene rings is 1. The van der Waals surface area contributed by atoms with E-state index in [1.165, 1.54) is 12.8 Å². The Morgan fingerprint density at radius 1 is 1.40 bits per heavy atom. The van der Waals surface area contributed by atoms with Gasteiger partial charge in [-0.2, -0.15) is 0 Å². The number of aromatic amines is 1. The molecule has 1 fully saturated rings. The van der Waals surface area contributed by atoms with Crippen molar-refractivity contribution in [1.82, 2.24) is 9.88 Å². The predicted octanol–water partition coefficient (Wildman–Crippen LogP) is 3.47. The van der Waals surface area contributed by atoms with Crippen molar-refractivity contribution in [3.8, 4) is 0 Å². The van der Waals surface area contributed by atoms with Gasteiger partial charge in [-0.15, -0.1) is 0 Å². The van der Waals surface area contributed by atoms with Crippen molar-refractivity contribution >= 4 is 16.7 Å². The Balaban J connectivity index is 1.84. The third kappa shape index (κ3) is 2.38. The van der Waals surface area contributed by atoms with E-state index in [-0.39, 0.29) is 11.8 Å². The number of para-hydroxylation sites is 1. The van der Waals surface area contributed by atoms with Crippen molar-refractivity contribution in [2.75, 3.05) is 13.1 Å². The van der Waals surface area contributed by atoms with Crippen LogP contribution in [0.15, 0.2) is 30.5 Å². The molecular formula is C17H22N2O. The molecule has 0 spiro atoms. The Hall–Kier alpha value is -1.61. The van der Waals surface area contributed by atoms with Crippen molar-refractivity contribution in [1.29, 1.82) is 0 Å². The molecule has 2 atom stereocenters. The Bertz CT molecular complexity index is 616. The van der Waals surface area contributed by atoms with Crippen LogP contribution >= 0.6 is 0 Å². The van der Waals surface area contributed by atoms with Crippen molar-refractivity contribution in [3.05, 3.63) is 36.0 Å². The topological polar surface area (TPSA) is 36.1 Å². The number of nitrogens with one attached hydrogen (secondary N) is 1. The zero-order valence-corrected chi connectivity index (χ0v) is 12.2. The van der Waals surface area contributed by atoms with E-state index in [0.29, 0.717) is 5.92 Å². The Morgan fingerprint density at radius 2 is 2.20 bits per heavy atom. The monoisotopic (exact) mass is 270 g/mol. The molecule has 20 heavy (non-hydrogen) atoms. The lowest BCUT2D eigenvalue weighted by atomic mass is 9.96. The number of hydrogen-bond donors (Lipinski definition) is 1. The molecule has 2 aromatic rings. The van der Waals surface area contributed by atoms with Crippen LogP contribution in [-0.2, 0) is 0 Å². The van der Waals surface area contributed by atoms with Gasteiger partial charge in [-0.1, -0.05) is 25.1 Å². The Morgan fingerprint density at radius 3 is 3.00 bits per heavy atom. The molecule has 3 heteroatoms. The zero-order chi connectivity index (χ0) is 14.1. The van der Waals surface area contributed by atoms with E-state index < -0.39 is 0 Å². The van der Waals surface area contributed by atoms with Crippen molar-refractivity contribution in [3.63, 3.8) is 0 Å². The Labute approximate surface area is 120 Å². The van der Waals surface area contributed by atoms with Crippen molar-refractivity contribution in [2.24, 2.45) is 5.92 Å². The highest BCUT2D eigenvalue weighted by Gasteiger charge is 2.27. The number of Topliss-reactive ketones (excluding diaryl/α,β-unsaturated/α-hetero) is 1. The number of rotatable bonds is 3. The molecule has 0 amide bonds. The van der Waals surface area contributed by atoms with Crippen LogP contribution in [0.4, 0.5) is 0 Å². The van der Waals surface area contributed by atoms with E-state index in [1.807, 2.05) is 37.4 Å². The maximum Gasteiger partial charge on any atom is 0.181 e. The summed E-state index contributed by atoms with van der Waals surface area (Å²) in [6, 6.07) is 7.98. The van der Waals surface area contributed by atoms with Gasteiger partial charge in [0.05, 0.1) is 6.04 Å². The number of hydrogen-bond acceptors (Lipinski definition) is 2. The van der Waals surface area contributed by atoms with E-state index >= 15 is 0 Å². The SMILES string of the molecule is C[C@H]1CCCN([C@@H](C)C(=O)c2c[nH]c3ccccc23)C1. The minimum atomic E-state index is -0.0306. The van der Waals surface area contributed by atoms with Gasteiger partial charge in [0.15, 0.2) is 5.78 Å². The van der Waals surface area contributed by atoms with Gasteiger partial charge in [-0.3, -0.25) is 9.69 Å². The summed E-state index contributed by atoms with van der Waals surface area (Å²) in [5, 5.41) is 1.04. The lowest BCUT2D eigenvalue weighted by Gasteiger charge is -2.34. The molecule has 1 aliphatic rings. The second-order valence-electron chi connectivity index (χ2n) is 6.03. The third-order valence-corrected chi connectivity index (χ3v) is 4.47. The van der Waals surface area contributed by atoms with Gasteiger partial charge in [0, 0.05) is 29.2 Å². The molecule has 1 aliphatic heterocycles. The van der Waals surface area contributed by atoms with Gasteiger partial charge in [-0.25, -0.2) is 0 Å². The highest BCUT2D eigenvalue weighted by Crippen LogP contribution is 2.23. The summed E-state index contributed by atoms with van der Waals surface area (Å²) in [4.78, 5) is 18.3. The van der Waals surface area contributed by atoms with E-state index in [2.05, 4.69) is 16.8 Å². The second kappa shape index (κ2) is 5.41. The predicted molar refractivity (Wildman–Crippen MR) is 82.1 cm³/mol. The second-order valence-corrected chi connectivity index (χ2v) is 6.03. The van der Waals surface area contributed by atoms with Crippen LogP contribution in [0, 0.1) is 5.92 Å². The lowest BCUT2D eigenvalue weighted by Crippen LogP contribution is -2.44. The van der Waals surface area contributed by atoms with Gasteiger partial charge >= 0.3 is 0 Å². The van der Waals surface area contributed by atoms with Crippen LogP contribution < -0.4 is 0 Å². The quantitative estimate of drug-likeness (QED) is 0.867. The average molecular weight is 270 g/mol. The fraction of sp³-hybridized carbons (Fsp3) is 0.471. The van der Waals surface area contributed by atoms with E-state index in [9.17, 15) is 4.79 Å². The minimum Gasteiger partial charge on any atom is -0.360 e. The molecule has 3 rings (SSSR count). The number of H-pyrrole nitrogens is 1. The normalized spacial score (nSPS) is 22.0. The van der Waals surface area contributed by atoms with Gasteiger partial charge in [0.1, 0.15) is 0 Å². The number of ketones is 1. The number of carbonyl (C=O) groups is 1. The van der Waals surface area contributed by atoms with Crippen LogP contribution in [0.3, 0.4) is 0 Å². The lowest BCUT2D eigenvalue weighted by molar-refractivity contribution is 0.0766. The number of likely N-dealkylation sites (tertiary alicyclic amines) is 1. The molecule has 1 aromatic carbocycles.